The van der Waals surface area contributed by atoms with Gasteiger partial charge in [0.05, 0.1) is 14.2 Å². The molecule has 0 aliphatic heterocycles. The number of halogens is 1. The molecule has 21 heavy (non-hydrogen) atoms. The van der Waals surface area contributed by atoms with E-state index in [1.807, 2.05) is 37.3 Å². The Morgan fingerprint density at radius 1 is 1.33 bits per heavy atom. The molecule has 0 bridgehead atoms. The first-order chi connectivity index (χ1) is 10.0. The summed E-state index contributed by atoms with van der Waals surface area (Å²) in [6, 6.07) is 8.83. The van der Waals surface area contributed by atoms with E-state index in [0.717, 1.165) is 25.7 Å². The summed E-state index contributed by atoms with van der Waals surface area (Å²) in [6.07, 6.45) is 0. The number of anilines is 1. The molecule has 0 saturated heterocycles. The summed E-state index contributed by atoms with van der Waals surface area (Å²) in [4.78, 5) is 14.1. The first kappa shape index (κ1) is 15.9. The van der Waals surface area contributed by atoms with Gasteiger partial charge < -0.3 is 14.8 Å². The number of aryl methyl sites for hydroxylation is 1. The average Bonchev–Trinajstić information content (AvgIpc) is 2.83. The number of thiophene rings is 1. The molecule has 6 heteroatoms. The molecule has 0 saturated carbocycles. The third-order valence-corrected chi connectivity index (χ3v) is 5.18. The number of methoxy groups -OCH3 is 2. The van der Waals surface area contributed by atoms with E-state index in [-0.39, 0.29) is 5.97 Å². The van der Waals surface area contributed by atoms with Crippen molar-refractivity contribution >= 4 is 38.9 Å². The molecule has 1 aromatic carbocycles. The Hall–Kier alpha value is -1.53. The summed E-state index contributed by atoms with van der Waals surface area (Å²) in [6.45, 7) is 2.00. The van der Waals surface area contributed by atoms with Crippen LogP contribution < -0.4 is 10.1 Å². The van der Waals surface area contributed by atoms with Gasteiger partial charge in [-0.2, -0.15) is 0 Å². The van der Waals surface area contributed by atoms with Crippen LogP contribution >= 0.6 is 27.3 Å². The number of ether oxygens (including phenoxy) is 2. The Bertz CT molecular complexity index is 622. The van der Waals surface area contributed by atoms with Crippen molar-refractivity contribution in [2.45, 2.75) is 13.0 Å². The molecule has 1 N–H and O–H groups in total. The predicted octanol–water partition coefficient (Wildman–Crippen LogP) is 4.15. The molecular formula is C15H16BrNO3S. The number of hydrogen-bond donors (Lipinski definition) is 1. The Balaban J connectivity index is 2.30. The van der Waals surface area contributed by atoms with E-state index in [4.69, 9.17) is 9.47 Å². The Morgan fingerprint density at radius 3 is 2.67 bits per heavy atom. The fourth-order valence-corrected chi connectivity index (χ4v) is 3.47. The molecule has 4 nitrogen and oxygen atoms in total. The van der Waals surface area contributed by atoms with Crippen molar-refractivity contribution < 1.29 is 14.3 Å². The standard InChI is InChI=1S/C15H16BrNO3S/c1-9-12(16)8-13(21-9)14(15(18)20-3)17-10-5-4-6-11(7-10)19-2/h4-8,14,17H,1-3H3. The quantitative estimate of drug-likeness (QED) is 0.804. The van der Waals surface area contributed by atoms with Gasteiger partial charge in [-0.25, -0.2) is 4.79 Å². The molecule has 1 unspecified atom stereocenters. The monoisotopic (exact) mass is 369 g/mol. The van der Waals surface area contributed by atoms with Gasteiger partial charge in [-0.3, -0.25) is 0 Å². The number of nitrogens with one attached hydrogen (secondary N) is 1. The maximum atomic E-state index is 12.1. The summed E-state index contributed by atoms with van der Waals surface area (Å²) in [5.41, 5.74) is 0.798. The molecule has 0 fully saturated rings. The van der Waals surface area contributed by atoms with Gasteiger partial charge in [0.25, 0.3) is 0 Å². The van der Waals surface area contributed by atoms with Crippen molar-refractivity contribution in [1.29, 1.82) is 0 Å². The highest BCUT2D eigenvalue weighted by Crippen LogP contribution is 2.33. The number of benzene rings is 1. The maximum absolute atomic E-state index is 12.1. The van der Waals surface area contributed by atoms with Crippen molar-refractivity contribution in [2.75, 3.05) is 19.5 Å². The van der Waals surface area contributed by atoms with Crippen molar-refractivity contribution in [3.05, 3.63) is 44.6 Å². The molecule has 2 rings (SSSR count). The van der Waals surface area contributed by atoms with Crippen LogP contribution in [0, 0.1) is 6.92 Å². The Morgan fingerprint density at radius 2 is 2.10 bits per heavy atom. The zero-order chi connectivity index (χ0) is 15.4. The zero-order valence-electron chi connectivity index (χ0n) is 12.0. The molecule has 0 aliphatic carbocycles. The molecule has 1 aromatic heterocycles. The second-order valence-corrected chi connectivity index (χ2v) is 6.53. The van der Waals surface area contributed by atoms with Crippen LogP contribution in [0.3, 0.4) is 0 Å². The highest BCUT2D eigenvalue weighted by Gasteiger charge is 2.24. The fourth-order valence-electron chi connectivity index (χ4n) is 1.87. The molecule has 0 spiro atoms. The van der Waals surface area contributed by atoms with Gasteiger partial charge in [-0.15, -0.1) is 11.3 Å². The van der Waals surface area contributed by atoms with Gasteiger partial charge in [0, 0.05) is 26.0 Å². The van der Waals surface area contributed by atoms with E-state index in [1.165, 1.54) is 7.11 Å². The summed E-state index contributed by atoms with van der Waals surface area (Å²) < 4.78 is 11.1. The minimum Gasteiger partial charge on any atom is -0.497 e. The van der Waals surface area contributed by atoms with Crippen LogP contribution in [0.4, 0.5) is 5.69 Å². The third-order valence-electron chi connectivity index (χ3n) is 2.98. The van der Waals surface area contributed by atoms with Gasteiger partial charge >= 0.3 is 5.97 Å². The topological polar surface area (TPSA) is 47.6 Å². The predicted molar refractivity (Wildman–Crippen MR) is 88.1 cm³/mol. The average molecular weight is 370 g/mol. The van der Waals surface area contributed by atoms with Crippen molar-refractivity contribution in [3.8, 4) is 5.75 Å². The van der Waals surface area contributed by atoms with Crippen LogP contribution in [0.15, 0.2) is 34.8 Å². The molecule has 0 amide bonds. The van der Waals surface area contributed by atoms with Gasteiger partial charge in [-0.1, -0.05) is 6.07 Å². The molecule has 1 heterocycles. The number of hydrogen-bond acceptors (Lipinski definition) is 5. The fraction of sp³-hybridized carbons (Fsp3) is 0.267. The Labute approximate surface area is 136 Å². The number of esters is 1. The van der Waals surface area contributed by atoms with Crippen LogP contribution in [0.5, 0.6) is 5.75 Å². The minimum absolute atomic E-state index is 0.327. The Kier molecular flexibility index (Phi) is 5.25. The number of rotatable bonds is 5. The van der Waals surface area contributed by atoms with Crippen molar-refractivity contribution in [1.82, 2.24) is 0 Å². The molecule has 112 valence electrons. The van der Waals surface area contributed by atoms with Crippen LogP contribution in [0.25, 0.3) is 0 Å². The van der Waals surface area contributed by atoms with E-state index in [2.05, 4.69) is 21.2 Å². The molecule has 0 radical (unpaired) electrons. The summed E-state index contributed by atoms with van der Waals surface area (Å²) in [7, 11) is 2.99. The summed E-state index contributed by atoms with van der Waals surface area (Å²) in [5, 5.41) is 3.20. The normalized spacial score (nSPS) is 11.8. The van der Waals surface area contributed by atoms with Crippen LogP contribution in [-0.4, -0.2) is 20.2 Å². The molecule has 0 aliphatic rings. The van der Waals surface area contributed by atoms with Crippen molar-refractivity contribution in [2.24, 2.45) is 0 Å². The maximum Gasteiger partial charge on any atom is 0.333 e. The first-order valence-corrected chi connectivity index (χ1v) is 7.90. The lowest BCUT2D eigenvalue weighted by Gasteiger charge is -2.16. The molecule has 1 atom stereocenters. The van der Waals surface area contributed by atoms with E-state index in [0.29, 0.717) is 0 Å². The lowest BCUT2D eigenvalue weighted by Crippen LogP contribution is -2.21. The smallest absolute Gasteiger partial charge is 0.333 e. The van der Waals surface area contributed by atoms with Gasteiger partial charge in [0.2, 0.25) is 0 Å². The molecular weight excluding hydrogens is 354 g/mol. The lowest BCUT2D eigenvalue weighted by atomic mass is 10.2. The number of carbonyl (C=O) groups is 1. The van der Waals surface area contributed by atoms with Gasteiger partial charge in [0.15, 0.2) is 6.04 Å². The third kappa shape index (κ3) is 3.77. The second-order valence-electron chi connectivity index (χ2n) is 4.39. The zero-order valence-corrected chi connectivity index (χ0v) is 14.4. The van der Waals surface area contributed by atoms with Gasteiger partial charge in [-0.05, 0) is 41.1 Å². The van der Waals surface area contributed by atoms with E-state index in [9.17, 15) is 4.79 Å². The largest absolute Gasteiger partial charge is 0.497 e. The molecule has 2 aromatic rings. The van der Waals surface area contributed by atoms with Crippen LogP contribution in [0.2, 0.25) is 0 Å². The highest BCUT2D eigenvalue weighted by atomic mass is 79.9. The second kappa shape index (κ2) is 6.95. The summed E-state index contributed by atoms with van der Waals surface area (Å²) in [5.74, 6) is 0.402. The first-order valence-electron chi connectivity index (χ1n) is 6.29. The van der Waals surface area contributed by atoms with Gasteiger partial charge in [0.1, 0.15) is 5.75 Å². The van der Waals surface area contributed by atoms with Crippen LogP contribution in [-0.2, 0) is 9.53 Å². The van der Waals surface area contributed by atoms with Crippen LogP contribution in [0.1, 0.15) is 15.8 Å². The summed E-state index contributed by atoms with van der Waals surface area (Å²) >= 11 is 5.03. The van der Waals surface area contributed by atoms with Crippen molar-refractivity contribution in [3.63, 3.8) is 0 Å². The van der Waals surface area contributed by atoms with E-state index < -0.39 is 6.04 Å². The van der Waals surface area contributed by atoms with E-state index >= 15 is 0 Å². The van der Waals surface area contributed by atoms with E-state index in [1.54, 1.807) is 18.4 Å². The highest BCUT2D eigenvalue weighted by molar-refractivity contribution is 9.10. The SMILES string of the molecule is COC(=O)C(Nc1cccc(OC)c1)c1cc(Br)c(C)s1. The number of carbonyl (C=O) groups excluding carboxylic acids is 1. The minimum atomic E-state index is -0.544. The lowest BCUT2D eigenvalue weighted by molar-refractivity contribution is -0.141.